The summed E-state index contributed by atoms with van der Waals surface area (Å²) in [5, 5.41) is 0. The minimum Gasteiger partial charge on any atom is -0.294 e. The maximum atomic E-state index is 12.1. The van der Waals surface area contributed by atoms with E-state index in [1.165, 1.54) is 24.8 Å². The molecule has 0 bridgehead atoms. The number of hydrogen-bond donors (Lipinski definition) is 0. The van der Waals surface area contributed by atoms with E-state index >= 15 is 0 Å². The fraction of sp³-hybridized carbons (Fsp3) is 0.500. The first kappa shape index (κ1) is 14.0. The molecule has 0 fully saturated rings. The second kappa shape index (κ2) is 6.70. The van der Waals surface area contributed by atoms with Crippen LogP contribution >= 0.6 is 0 Å². The quantitative estimate of drug-likeness (QED) is 0.533. The van der Waals surface area contributed by atoms with Crippen molar-refractivity contribution in [1.82, 2.24) is 0 Å². The van der Waals surface area contributed by atoms with Crippen molar-refractivity contribution in [2.75, 3.05) is 0 Å². The third kappa shape index (κ3) is 4.05. The zero-order valence-electron chi connectivity index (χ0n) is 12.1. The van der Waals surface area contributed by atoms with Gasteiger partial charge in [-0.3, -0.25) is 4.79 Å². The highest BCUT2D eigenvalue weighted by atomic mass is 16.1. The van der Waals surface area contributed by atoms with Crippen LogP contribution in [0.1, 0.15) is 56.3 Å². The van der Waals surface area contributed by atoms with Gasteiger partial charge in [0.25, 0.3) is 0 Å². The van der Waals surface area contributed by atoms with E-state index in [-0.39, 0.29) is 5.78 Å². The number of carbonyl (C=O) groups excluding carboxylic acids is 1. The molecule has 0 heterocycles. The Labute approximate surface area is 116 Å². The maximum Gasteiger partial charge on any atom is 0.162 e. The molecule has 1 aliphatic carbocycles. The predicted octanol–water partition coefficient (Wildman–Crippen LogP) is 5.03. The monoisotopic (exact) mass is 256 g/mol. The van der Waals surface area contributed by atoms with Crippen molar-refractivity contribution in [1.29, 1.82) is 0 Å². The van der Waals surface area contributed by atoms with E-state index in [0.29, 0.717) is 12.3 Å². The van der Waals surface area contributed by atoms with Gasteiger partial charge < -0.3 is 0 Å². The van der Waals surface area contributed by atoms with Gasteiger partial charge >= 0.3 is 0 Å². The van der Waals surface area contributed by atoms with E-state index in [0.717, 1.165) is 17.9 Å². The predicted molar refractivity (Wildman–Crippen MR) is 80.3 cm³/mol. The van der Waals surface area contributed by atoms with E-state index in [1.807, 2.05) is 30.3 Å². The topological polar surface area (TPSA) is 17.1 Å². The molecule has 1 nitrogen and oxygen atoms in total. The van der Waals surface area contributed by atoms with Crippen LogP contribution in [0.4, 0.5) is 0 Å². The van der Waals surface area contributed by atoms with Crippen LogP contribution in [0.15, 0.2) is 42.0 Å². The summed E-state index contributed by atoms with van der Waals surface area (Å²) in [4.78, 5) is 12.1. The van der Waals surface area contributed by atoms with Crippen molar-refractivity contribution < 1.29 is 4.79 Å². The summed E-state index contributed by atoms with van der Waals surface area (Å²) in [6.07, 6.45) is 7.82. The van der Waals surface area contributed by atoms with Crippen LogP contribution in [0, 0.1) is 11.8 Å². The summed E-state index contributed by atoms with van der Waals surface area (Å²) in [7, 11) is 0. The Bertz CT molecular complexity index is 444. The fourth-order valence-corrected chi connectivity index (χ4v) is 2.87. The van der Waals surface area contributed by atoms with Crippen LogP contribution < -0.4 is 0 Å². The number of ketones is 1. The van der Waals surface area contributed by atoms with Gasteiger partial charge in [-0.1, -0.05) is 48.9 Å². The highest BCUT2D eigenvalue weighted by molar-refractivity contribution is 5.95. The van der Waals surface area contributed by atoms with Crippen LogP contribution in [0.2, 0.25) is 0 Å². The van der Waals surface area contributed by atoms with Crippen molar-refractivity contribution in [3.63, 3.8) is 0 Å². The highest BCUT2D eigenvalue weighted by Crippen LogP contribution is 2.31. The van der Waals surface area contributed by atoms with E-state index in [1.54, 1.807) is 0 Å². The summed E-state index contributed by atoms with van der Waals surface area (Å²) in [6, 6.07) is 9.66. The average molecular weight is 256 g/mol. The Kier molecular flexibility index (Phi) is 4.95. The molecular weight excluding hydrogens is 232 g/mol. The highest BCUT2D eigenvalue weighted by Gasteiger charge is 2.20. The molecule has 1 aromatic rings. The number of Topliss-reactive ketones (excluding diaryl/α,β-unsaturated/α-hetero) is 1. The smallest absolute Gasteiger partial charge is 0.162 e. The van der Waals surface area contributed by atoms with Crippen LogP contribution in [-0.2, 0) is 0 Å². The SMILES string of the molecule is CC1=CCC(C(C)CCC(=O)c2ccccc2)CC1. The first-order valence-electron chi connectivity index (χ1n) is 7.40. The van der Waals surface area contributed by atoms with Gasteiger partial charge in [-0.15, -0.1) is 0 Å². The molecule has 0 aliphatic heterocycles. The number of rotatable bonds is 5. The summed E-state index contributed by atoms with van der Waals surface area (Å²) in [6.45, 7) is 4.53. The lowest BCUT2D eigenvalue weighted by molar-refractivity contribution is 0.0969. The van der Waals surface area contributed by atoms with Crippen molar-refractivity contribution in [3.8, 4) is 0 Å². The second-order valence-corrected chi connectivity index (χ2v) is 5.89. The van der Waals surface area contributed by atoms with Gasteiger partial charge in [0.2, 0.25) is 0 Å². The molecule has 0 N–H and O–H groups in total. The third-order valence-electron chi connectivity index (χ3n) is 4.41. The third-order valence-corrected chi connectivity index (χ3v) is 4.41. The average Bonchev–Trinajstić information content (AvgIpc) is 2.46. The van der Waals surface area contributed by atoms with Crippen LogP contribution in [-0.4, -0.2) is 5.78 Å². The maximum absolute atomic E-state index is 12.1. The Hall–Kier alpha value is -1.37. The normalized spacial score (nSPS) is 20.7. The zero-order chi connectivity index (χ0) is 13.7. The standard InChI is InChI=1S/C18H24O/c1-14-8-11-16(12-9-14)15(2)10-13-18(19)17-6-4-3-5-7-17/h3-8,15-16H,9-13H2,1-2H3. The summed E-state index contributed by atoms with van der Waals surface area (Å²) in [5.74, 6) is 1.71. The lowest BCUT2D eigenvalue weighted by atomic mass is 9.79. The van der Waals surface area contributed by atoms with Gasteiger partial charge in [-0.25, -0.2) is 0 Å². The molecule has 1 heteroatoms. The minimum atomic E-state index is 0.287. The molecule has 1 aliphatic rings. The van der Waals surface area contributed by atoms with Crippen LogP contribution in [0.25, 0.3) is 0 Å². The molecule has 0 saturated heterocycles. The molecule has 0 amide bonds. The van der Waals surface area contributed by atoms with Gasteiger partial charge in [-0.05, 0) is 44.4 Å². The molecule has 102 valence electrons. The van der Waals surface area contributed by atoms with E-state index in [2.05, 4.69) is 19.9 Å². The molecule has 2 unspecified atom stereocenters. The van der Waals surface area contributed by atoms with Crippen molar-refractivity contribution in [3.05, 3.63) is 47.5 Å². The molecule has 0 saturated carbocycles. The molecule has 0 spiro atoms. The van der Waals surface area contributed by atoms with Gasteiger partial charge in [0, 0.05) is 12.0 Å². The first-order chi connectivity index (χ1) is 9.16. The van der Waals surface area contributed by atoms with Crippen LogP contribution in [0.5, 0.6) is 0 Å². The number of allylic oxidation sites excluding steroid dienone is 2. The van der Waals surface area contributed by atoms with Gasteiger partial charge in [0.05, 0.1) is 0 Å². The molecule has 2 atom stereocenters. The Morgan fingerprint density at radius 2 is 2.05 bits per heavy atom. The Balaban J connectivity index is 1.81. The Morgan fingerprint density at radius 3 is 2.68 bits per heavy atom. The van der Waals surface area contributed by atoms with Crippen molar-refractivity contribution in [2.24, 2.45) is 11.8 Å². The molecule has 0 radical (unpaired) electrons. The van der Waals surface area contributed by atoms with Crippen LogP contribution in [0.3, 0.4) is 0 Å². The Morgan fingerprint density at radius 1 is 1.32 bits per heavy atom. The summed E-state index contributed by atoms with van der Waals surface area (Å²) < 4.78 is 0. The summed E-state index contributed by atoms with van der Waals surface area (Å²) in [5.41, 5.74) is 2.39. The van der Waals surface area contributed by atoms with E-state index < -0.39 is 0 Å². The van der Waals surface area contributed by atoms with E-state index in [9.17, 15) is 4.79 Å². The molecule has 0 aromatic heterocycles. The van der Waals surface area contributed by atoms with Crippen molar-refractivity contribution in [2.45, 2.75) is 46.0 Å². The molecule has 2 rings (SSSR count). The van der Waals surface area contributed by atoms with Crippen molar-refractivity contribution >= 4 is 5.78 Å². The number of benzene rings is 1. The largest absolute Gasteiger partial charge is 0.294 e. The second-order valence-electron chi connectivity index (χ2n) is 5.89. The lowest BCUT2D eigenvalue weighted by Gasteiger charge is -2.26. The minimum absolute atomic E-state index is 0.287. The molecule has 19 heavy (non-hydrogen) atoms. The molecule has 1 aromatic carbocycles. The molecular formula is C18H24O. The number of carbonyl (C=O) groups is 1. The summed E-state index contributed by atoms with van der Waals surface area (Å²) >= 11 is 0. The van der Waals surface area contributed by atoms with Gasteiger partial charge in [-0.2, -0.15) is 0 Å². The van der Waals surface area contributed by atoms with E-state index in [4.69, 9.17) is 0 Å². The first-order valence-corrected chi connectivity index (χ1v) is 7.40. The van der Waals surface area contributed by atoms with Gasteiger partial charge in [0.15, 0.2) is 5.78 Å². The van der Waals surface area contributed by atoms with Gasteiger partial charge in [0.1, 0.15) is 0 Å². The lowest BCUT2D eigenvalue weighted by Crippen LogP contribution is -2.15. The number of hydrogen-bond acceptors (Lipinski definition) is 1. The fourth-order valence-electron chi connectivity index (χ4n) is 2.87. The zero-order valence-corrected chi connectivity index (χ0v) is 12.1.